The van der Waals surface area contributed by atoms with Crippen molar-refractivity contribution in [2.75, 3.05) is 26.1 Å². The Morgan fingerprint density at radius 2 is 1.79 bits per heavy atom. The van der Waals surface area contributed by atoms with E-state index in [1.807, 2.05) is 0 Å². The predicted molar refractivity (Wildman–Crippen MR) is 121 cm³/mol. The zero-order valence-corrected chi connectivity index (χ0v) is 18.4. The molecule has 0 atom stereocenters. The number of ether oxygens (including phenoxy) is 3. The van der Waals surface area contributed by atoms with Crippen LogP contribution in [0.5, 0.6) is 11.5 Å². The van der Waals surface area contributed by atoms with E-state index >= 15 is 0 Å². The molecule has 0 bridgehead atoms. The molecule has 0 saturated heterocycles. The number of esters is 1. The van der Waals surface area contributed by atoms with Gasteiger partial charge in [-0.3, -0.25) is 4.79 Å². The molecule has 2 aromatic carbocycles. The van der Waals surface area contributed by atoms with E-state index in [1.165, 1.54) is 31.2 Å². The van der Waals surface area contributed by atoms with E-state index in [0.29, 0.717) is 17.2 Å². The van der Waals surface area contributed by atoms with Crippen LogP contribution in [-0.4, -0.2) is 47.1 Å². The molecule has 2 heterocycles. The van der Waals surface area contributed by atoms with Gasteiger partial charge in [0.25, 0.3) is 5.91 Å². The van der Waals surface area contributed by atoms with Crippen molar-refractivity contribution < 1.29 is 28.2 Å². The molecule has 0 aliphatic carbocycles. The van der Waals surface area contributed by atoms with Gasteiger partial charge < -0.3 is 24.1 Å². The fourth-order valence-corrected chi connectivity index (χ4v) is 3.32. The predicted octanol–water partition coefficient (Wildman–Crippen LogP) is 3.61. The van der Waals surface area contributed by atoms with Crippen molar-refractivity contribution in [2.24, 2.45) is 0 Å². The monoisotopic (exact) mass is 464 g/mol. The Morgan fingerprint density at radius 1 is 1.03 bits per heavy atom. The smallest absolute Gasteiger partial charge is 0.344 e. The summed E-state index contributed by atoms with van der Waals surface area (Å²) in [5.74, 6) is -0.671. The second kappa shape index (κ2) is 9.90. The van der Waals surface area contributed by atoms with E-state index in [4.69, 9.17) is 14.2 Å². The largest absolute Gasteiger partial charge is 0.497 e. The van der Waals surface area contributed by atoms with E-state index < -0.39 is 24.3 Å². The molecule has 4 aromatic rings. The Kier molecular flexibility index (Phi) is 6.58. The fraction of sp³-hybridized carbons (Fsp3) is 0.125. The number of nitrogens with zero attached hydrogens (tertiary/aromatic N) is 3. The van der Waals surface area contributed by atoms with Gasteiger partial charge >= 0.3 is 5.97 Å². The summed E-state index contributed by atoms with van der Waals surface area (Å²) >= 11 is 0. The average Bonchev–Trinajstić information content (AvgIpc) is 3.52. The zero-order chi connectivity index (χ0) is 24.1. The van der Waals surface area contributed by atoms with Gasteiger partial charge in [-0.25, -0.2) is 13.9 Å². The number of rotatable bonds is 8. The summed E-state index contributed by atoms with van der Waals surface area (Å²) in [4.78, 5) is 25.3. The van der Waals surface area contributed by atoms with Crippen molar-refractivity contribution in [3.05, 3.63) is 84.6 Å². The van der Waals surface area contributed by atoms with Crippen LogP contribution in [0.3, 0.4) is 0 Å². The molecule has 0 saturated carbocycles. The van der Waals surface area contributed by atoms with Crippen LogP contribution in [0.2, 0.25) is 0 Å². The van der Waals surface area contributed by atoms with Crippen molar-refractivity contribution in [1.82, 2.24) is 14.3 Å². The number of halogens is 1. The molecule has 0 radical (unpaired) electrons. The van der Waals surface area contributed by atoms with Gasteiger partial charge in [0, 0.05) is 18.5 Å². The van der Waals surface area contributed by atoms with Crippen LogP contribution in [0.15, 0.2) is 73.2 Å². The summed E-state index contributed by atoms with van der Waals surface area (Å²) in [6.07, 6.45) is 4.65. The number of carbonyl (C=O) groups is 2. The molecule has 9 nitrogen and oxygen atoms in total. The lowest BCUT2D eigenvalue weighted by Crippen LogP contribution is -2.22. The minimum Gasteiger partial charge on any atom is -0.497 e. The number of hydrogen-bond donors (Lipinski definition) is 1. The van der Waals surface area contributed by atoms with Gasteiger partial charge in [-0.15, -0.1) is 0 Å². The second-order valence-corrected chi connectivity index (χ2v) is 7.03. The molecule has 34 heavy (non-hydrogen) atoms. The first-order valence-corrected chi connectivity index (χ1v) is 10.2. The van der Waals surface area contributed by atoms with Gasteiger partial charge in [0.05, 0.1) is 26.1 Å². The first kappa shape index (κ1) is 22.6. The lowest BCUT2D eigenvalue weighted by molar-refractivity contribution is -0.119. The summed E-state index contributed by atoms with van der Waals surface area (Å²) in [5, 5.41) is 6.81. The summed E-state index contributed by atoms with van der Waals surface area (Å²) < 4.78 is 32.9. The maximum atomic E-state index is 14.4. The standard InChI is InChI=1S/C24H21FN4O5/c1-32-16-9-10-21(33-2)19(13-16)27-22(30)15-34-24(31)17-14-26-29(20-8-4-3-7-18(20)25)23(17)28-11-5-6-12-28/h3-14H,15H2,1-2H3,(H,27,30). The number of para-hydroxylation sites is 1. The van der Waals surface area contributed by atoms with Crippen LogP contribution < -0.4 is 14.8 Å². The average molecular weight is 464 g/mol. The van der Waals surface area contributed by atoms with Crippen LogP contribution in [-0.2, 0) is 9.53 Å². The van der Waals surface area contributed by atoms with Crippen LogP contribution in [0, 0.1) is 5.82 Å². The number of amides is 1. The molecule has 2 aromatic heterocycles. The SMILES string of the molecule is COc1ccc(OC)c(NC(=O)COC(=O)c2cnn(-c3ccccc3F)c2-n2cccc2)c1. The number of methoxy groups -OCH3 is 2. The highest BCUT2D eigenvalue weighted by Gasteiger charge is 2.23. The van der Waals surface area contributed by atoms with Gasteiger partial charge in [0.15, 0.2) is 12.4 Å². The van der Waals surface area contributed by atoms with Crippen molar-refractivity contribution >= 4 is 17.6 Å². The lowest BCUT2D eigenvalue weighted by Gasteiger charge is -2.13. The third kappa shape index (κ3) is 4.60. The van der Waals surface area contributed by atoms with Crippen molar-refractivity contribution in [3.63, 3.8) is 0 Å². The Labute approximate surface area is 194 Å². The second-order valence-electron chi connectivity index (χ2n) is 7.03. The van der Waals surface area contributed by atoms with Gasteiger partial charge in [0.1, 0.15) is 28.6 Å². The summed E-state index contributed by atoms with van der Waals surface area (Å²) in [6.45, 7) is -0.560. The number of benzene rings is 2. The van der Waals surface area contributed by atoms with Gasteiger partial charge in [-0.05, 0) is 36.4 Å². The van der Waals surface area contributed by atoms with Gasteiger partial charge in [0.2, 0.25) is 0 Å². The van der Waals surface area contributed by atoms with Crippen LogP contribution in [0.1, 0.15) is 10.4 Å². The first-order valence-electron chi connectivity index (χ1n) is 10.2. The quantitative estimate of drug-likeness (QED) is 0.400. The molecule has 10 heteroatoms. The highest BCUT2D eigenvalue weighted by molar-refractivity contribution is 5.97. The number of nitrogens with one attached hydrogen (secondary N) is 1. The third-order valence-corrected chi connectivity index (χ3v) is 4.91. The van der Waals surface area contributed by atoms with Gasteiger partial charge in [-0.1, -0.05) is 12.1 Å². The molecule has 0 spiro atoms. The van der Waals surface area contributed by atoms with Crippen molar-refractivity contribution in [3.8, 4) is 23.0 Å². The van der Waals surface area contributed by atoms with E-state index in [9.17, 15) is 14.0 Å². The molecular weight excluding hydrogens is 443 g/mol. The molecular formula is C24H21FN4O5. The topological polar surface area (TPSA) is 96.6 Å². The summed E-state index contributed by atoms with van der Waals surface area (Å²) in [6, 6.07) is 14.5. The molecule has 1 N–H and O–H groups in total. The van der Waals surface area contributed by atoms with E-state index in [1.54, 1.807) is 65.5 Å². The van der Waals surface area contributed by atoms with E-state index in [2.05, 4.69) is 10.4 Å². The van der Waals surface area contributed by atoms with Crippen LogP contribution >= 0.6 is 0 Å². The minimum atomic E-state index is -0.793. The van der Waals surface area contributed by atoms with Crippen LogP contribution in [0.4, 0.5) is 10.1 Å². The molecule has 0 aliphatic rings. The molecule has 0 fully saturated rings. The van der Waals surface area contributed by atoms with E-state index in [0.717, 1.165) is 0 Å². The number of carbonyl (C=O) groups excluding carboxylic acids is 2. The molecule has 0 aliphatic heterocycles. The lowest BCUT2D eigenvalue weighted by atomic mass is 10.2. The Morgan fingerprint density at radius 3 is 2.50 bits per heavy atom. The third-order valence-electron chi connectivity index (χ3n) is 4.91. The van der Waals surface area contributed by atoms with Gasteiger partial charge in [-0.2, -0.15) is 5.10 Å². The zero-order valence-electron chi connectivity index (χ0n) is 18.4. The number of hydrogen-bond acceptors (Lipinski definition) is 6. The minimum absolute atomic E-state index is 0.0613. The fourth-order valence-electron chi connectivity index (χ4n) is 3.32. The molecule has 0 unspecified atom stereocenters. The molecule has 174 valence electrons. The van der Waals surface area contributed by atoms with Crippen molar-refractivity contribution in [1.29, 1.82) is 0 Å². The molecule has 4 rings (SSSR count). The van der Waals surface area contributed by atoms with E-state index in [-0.39, 0.29) is 17.1 Å². The highest BCUT2D eigenvalue weighted by atomic mass is 19.1. The number of anilines is 1. The first-order chi connectivity index (χ1) is 16.5. The molecule has 1 amide bonds. The van der Waals surface area contributed by atoms with Crippen molar-refractivity contribution in [2.45, 2.75) is 0 Å². The normalized spacial score (nSPS) is 10.6. The maximum Gasteiger partial charge on any atom is 0.344 e. The Balaban J connectivity index is 1.54. The summed E-state index contributed by atoms with van der Waals surface area (Å²) in [5.41, 5.74) is 0.586. The Hall–Kier alpha value is -4.60. The maximum absolute atomic E-state index is 14.4. The van der Waals surface area contributed by atoms with Crippen LogP contribution in [0.25, 0.3) is 11.5 Å². The summed E-state index contributed by atoms with van der Waals surface area (Å²) in [7, 11) is 2.96. The number of aromatic nitrogens is 3. The Bertz CT molecular complexity index is 1320. The highest BCUT2D eigenvalue weighted by Crippen LogP contribution is 2.29.